The predicted octanol–water partition coefficient (Wildman–Crippen LogP) is 2.82. The highest BCUT2D eigenvalue weighted by atomic mass is 16.5. The number of benzene rings is 1. The third-order valence-electron chi connectivity index (χ3n) is 5.61. The fraction of sp³-hybridized carbons (Fsp3) is 0.391. The van der Waals surface area contributed by atoms with Gasteiger partial charge in [0.15, 0.2) is 5.82 Å². The summed E-state index contributed by atoms with van der Waals surface area (Å²) in [4.78, 5) is 23.8. The average Bonchev–Trinajstić information content (AvgIpc) is 3.15. The predicted molar refractivity (Wildman–Crippen MR) is 118 cm³/mol. The molecule has 31 heavy (non-hydrogen) atoms. The molecule has 0 radical (unpaired) electrons. The molecule has 1 aromatic carbocycles. The molecule has 8 nitrogen and oxygen atoms in total. The van der Waals surface area contributed by atoms with Crippen molar-refractivity contribution in [3.05, 3.63) is 59.7 Å². The lowest BCUT2D eigenvalue weighted by molar-refractivity contribution is -0.125. The summed E-state index contributed by atoms with van der Waals surface area (Å²) in [5.41, 5.74) is 3.02. The van der Waals surface area contributed by atoms with Crippen LogP contribution in [0.5, 0.6) is 5.75 Å². The standard InChI is InChI=1S/C23H28N6O2/c1-16-11-17(2)29(27-16)22-12-21(25-15-26-22)28-10-4-5-19(14-28)23(30)24-13-18-6-8-20(31-3)9-7-18/h6-9,11-12,15,19H,4-5,10,13-14H2,1-3H3,(H,24,30). The molecule has 3 heterocycles. The van der Waals surface area contributed by atoms with Crippen LogP contribution < -0.4 is 15.0 Å². The van der Waals surface area contributed by atoms with Gasteiger partial charge in [-0.1, -0.05) is 12.1 Å². The van der Waals surface area contributed by atoms with Gasteiger partial charge in [0.05, 0.1) is 18.7 Å². The summed E-state index contributed by atoms with van der Waals surface area (Å²) in [6, 6.07) is 11.7. The van der Waals surface area contributed by atoms with Crippen molar-refractivity contribution in [1.82, 2.24) is 25.1 Å². The number of nitrogens with zero attached hydrogens (tertiary/aromatic N) is 5. The smallest absolute Gasteiger partial charge is 0.225 e. The van der Waals surface area contributed by atoms with Gasteiger partial charge in [-0.25, -0.2) is 14.6 Å². The van der Waals surface area contributed by atoms with Crippen LogP contribution in [0.1, 0.15) is 29.8 Å². The van der Waals surface area contributed by atoms with Crippen molar-refractivity contribution >= 4 is 11.7 Å². The molecule has 4 rings (SSSR count). The van der Waals surface area contributed by atoms with E-state index in [2.05, 4.69) is 25.3 Å². The third-order valence-corrected chi connectivity index (χ3v) is 5.61. The fourth-order valence-corrected chi connectivity index (χ4v) is 3.96. The van der Waals surface area contributed by atoms with Gasteiger partial charge in [0.25, 0.3) is 0 Å². The largest absolute Gasteiger partial charge is 0.497 e. The molecular weight excluding hydrogens is 392 g/mol. The lowest BCUT2D eigenvalue weighted by Gasteiger charge is -2.33. The highest BCUT2D eigenvalue weighted by Crippen LogP contribution is 2.23. The van der Waals surface area contributed by atoms with Crippen LogP contribution in [0.15, 0.2) is 42.7 Å². The van der Waals surface area contributed by atoms with E-state index in [9.17, 15) is 4.79 Å². The number of carbonyl (C=O) groups is 1. The lowest BCUT2D eigenvalue weighted by atomic mass is 9.97. The zero-order valence-corrected chi connectivity index (χ0v) is 18.2. The number of piperidine rings is 1. The second-order valence-electron chi connectivity index (χ2n) is 7.92. The number of hydrogen-bond acceptors (Lipinski definition) is 6. The van der Waals surface area contributed by atoms with E-state index in [0.717, 1.165) is 53.7 Å². The van der Waals surface area contributed by atoms with E-state index in [0.29, 0.717) is 13.1 Å². The molecule has 1 atom stereocenters. The Morgan fingerprint density at radius 1 is 1.16 bits per heavy atom. The zero-order chi connectivity index (χ0) is 21.8. The molecule has 2 aromatic heterocycles. The Kier molecular flexibility index (Phi) is 6.16. The number of carbonyl (C=O) groups excluding carboxylic acids is 1. The highest BCUT2D eigenvalue weighted by molar-refractivity contribution is 5.79. The van der Waals surface area contributed by atoms with Crippen molar-refractivity contribution in [3.8, 4) is 11.6 Å². The van der Waals surface area contributed by atoms with Gasteiger partial charge >= 0.3 is 0 Å². The molecule has 1 saturated heterocycles. The van der Waals surface area contributed by atoms with E-state index < -0.39 is 0 Å². The molecule has 1 N–H and O–H groups in total. The number of rotatable bonds is 6. The van der Waals surface area contributed by atoms with E-state index in [-0.39, 0.29) is 11.8 Å². The Bertz CT molecular complexity index is 1050. The monoisotopic (exact) mass is 420 g/mol. The Labute approximate surface area is 182 Å². The number of nitrogens with one attached hydrogen (secondary N) is 1. The first kappa shape index (κ1) is 20.8. The first-order valence-electron chi connectivity index (χ1n) is 10.5. The molecule has 162 valence electrons. The van der Waals surface area contributed by atoms with E-state index in [1.165, 1.54) is 0 Å². The SMILES string of the molecule is COc1ccc(CNC(=O)C2CCCN(c3cc(-n4nc(C)cc4C)ncn3)C2)cc1. The Morgan fingerprint density at radius 3 is 2.65 bits per heavy atom. The maximum Gasteiger partial charge on any atom is 0.225 e. The van der Waals surface area contributed by atoms with Gasteiger partial charge in [-0.2, -0.15) is 5.10 Å². The molecule has 8 heteroatoms. The maximum absolute atomic E-state index is 12.8. The van der Waals surface area contributed by atoms with Crippen LogP contribution in [0, 0.1) is 19.8 Å². The minimum Gasteiger partial charge on any atom is -0.497 e. The fourth-order valence-electron chi connectivity index (χ4n) is 3.96. The first-order valence-corrected chi connectivity index (χ1v) is 10.5. The number of methoxy groups -OCH3 is 1. The average molecular weight is 421 g/mol. The van der Waals surface area contributed by atoms with Crippen molar-refractivity contribution in [2.45, 2.75) is 33.2 Å². The van der Waals surface area contributed by atoms with E-state index >= 15 is 0 Å². The Hall–Kier alpha value is -3.42. The number of aromatic nitrogens is 4. The summed E-state index contributed by atoms with van der Waals surface area (Å²) in [6.45, 7) is 5.99. The van der Waals surface area contributed by atoms with Crippen molar-refractivity contribution in [3.63, 3.8) is 0 Å². The van der Waals surface area contributed by atoms with Crippen LogP contribution in [0.3, 0.4) is 0 Å². The topological polar surface area (TPSA) is 85.2 Å². The quantitative estimate of drug-likeness (QED) is 0.660. The van der Waals surface area contributed by atoms with Gasteiger partial charge < -0.3 is 15.0 Å². The summed E-state index contributed by atoms with van der Waals surface area (Å²) < 4.78 is 7.00. The molecule has 1 amide bonds. The van der Waals surface area contributed by atoms with Crippen LogP contribution in [-0.2, 0) is 11.3 Å². The highest BCUT2D eigenvalue weighted by Gasteiger charge is 2.26. The summed E-state index contributed by atoms with van der Waals surface area (Å²) in [7, 11) is 1.64. The van der Waals surface area contributed by atoms with Gasteiger partial charge in [-0.05, 0) is 50.5 Å². The number of aryl methyl sites for hydroxylation is 2. The maximum atomic E-state index is 12.8. The summed E-state index contributed by atoms with van der Waals surface area (Å²) in [5.74, 6) is 2.38. The van der Waals surface area contributed by atoms with Crippen LogP contribution >= 0.6 is 0 Å². The van der Waals surface area contributed by atoms with Crippen LogP contribution in [0.25, 0.3) is 5.82 Å². The van der Waals surface area contributed by atoms with Crippen LogP contribution in [0.4, 0.5) is 5.82 Å². The van der Waals surface area contributed by atoms with Crippen molar-refractivity contribution in [2.75, 3.05) is 25.1 Å². The van der Waals surface area contributed by atoms with E-state index in [4.69, 9.17) is 4.74 Å². The van der Waals surface area contributed by atoms with Gasteiger partial charge in [0, 0.05) is 31.4 Å². The molecule has 1 unspecified atom stereocenters. The summed E-state index contributed by atoms with van der Waals surface area (Å²) >= 11 is 0. The van der Waals surface area contributed by atoms with Crippen molar-refractivity contribution < 1.29 is 9.53 Å². The van der Waals surface area contributed by atoms with Crippen LogP contribution in [-0.4, -0.2) is 45.9 Å². The minimum absolute atomic E-state index is 0.0703. The summed E-state index contributed by atoms with van der Waals surface area (Å²) in [5, 5.41) is 7.58. The van der Waals surface area contributed by atoms with E-state index in [1.54, 1.807) is 13.4 Å². The molecule has 0 bridgehead atoms. The molecule has 0 aliphatic carbocycles. The van der Waals surface area contributed by atoms with Gasteiger partial charge in [-0.15, -0.1) is 0 Å². The molecule has 1 aliphatic rings. The Balaban J connectivity index is 1.40. The molecule has 1 fully saturated rings. The summed E-state index contributed by atoms with van der Waals surface area (Å²) in [6.07, 6.45) is 3.38. The van der Waals surface area contributed by atoms with Gasteiger partial charge in [0.1, 0.15) is 17.9 Å². The lowest BCUT2D eigenvalue weighted by Crippen LogP contribution is -2.43. The molecule has 3 aromatic rings. The second-order valence-corrected chi connectivity index (χ2v) is 7.92. The van der Waals surface area contributed by atoms with Crippen molar-refractivity contribution in [2.24, 2.45) is 5.92 Å². The normalized spacial score (nSPS) is 16.2. The zero-order valence-electron chi connectivity index (χ0n) is 18.2. The third kappa shape index (κ3) is 4.84. The number of ether oxygens (including phenoxy) is 1. The molecule has 0 saturated carbocycles. The minimum atomic E-state index is -0.0703. The molecule has 0 spiro atoms. The molecule has 1 aliphatic heterocycles. The first-order chi connectivity index (χ1) is 15.0. The number of hydrogen-bond donors (Lipinski definition) is 1. The van der Waals surface area contributed by atoms with Crippen LogP contribution in [0.2, 0.25) is 0 Å². The molecular formula is C23H28N6O2. The van der Waals surface area contributed by atoms with Crippen molar-refractivity contribution in [1.29, 1.82) is 0 Å². The number of anilines is 1. The Morgan fingerprint density at radius 2 is 1.94 bits per heavy atom. The van der Waals surface area contributed by atoms with E-state index in [1.807, 2.05) is 54.9 Å². The number of amides is 1. The van der Waals surface area contributed by atoms with Gasteiger partial charge in [0.2, 0.25) is 5.91 Å². The second kappa shape index (κ2) is 9.16. The van der Waals surface area contributed by atoms with Gasteiger partial charge in [-0.3, -0.25) is 4.79 Å².